The lowest BCUT2D eigenvalue weighted by atomic mass is 10.1. The normalized spacial score (nSPS) is 11.0. The Morgan fingerprint density at radius 2 is 1.89 bits per heavy atom. The first-order valence-electron chi connectivity index (χ1n) is 8.86. The van der Waals surface area contributed by atoms with Crippen LogP contribution in [0.3, 0.4) is 0 Å². The highest BCUT2D eigenvalue weighted by molar-refractivity contribution is 6.36. The van der Waals surface area contributed by atoms with Gasteiger partial charge in [0.25, 0.3) is 5.91 Å². The molecule has 2 aromatic heterocycles. The van der Waals surface area contributed by atoms with Gasteiger partial charge >= 0.3 is 0 Å². The molecule has 1 aromatic carbocycles. The molecule has 3 rings (SSSR count). The first kappa shape index (κ1) is 19.5. The van der Waals surface area contributed by atoms with Crippen LogP contribution in [0.5, 0.6) is 0 Å². The number of aromatic nitrogens is 2. The maximum absolute atomic E-state index is 12.9. The SMILES string of the molecule is CCN(CC)c1ccc(NC(=O)c2c(C)nc3c(Cl)cc(Cl)cn23)c(C)c1. The summed E-state index contributed by atoms with van der Waals surface area (Å²) in [5.41, 5.74) is 4.42. The Labute approximate surface area is 168 Å². The van der Waals surface area contributed by atoms with Gasteiger partial charge in [-0.15, -0.1) is 0 Å². The van der Waals surface area contributed by atoms with E-state index in [1.54, 1.807) is 23.6 Å². The van der Waals surface area contributed by atoms with Crippen molar-refractivity contribution in [2.24, 2.45) is 0 Å². The molecule has 0 aliphatic carbocycles. The van der Waals surface area contributed by atoms with Gasteiger partial charge in [0.15, 0.2) is 5.65 Å². The zero-order valence-electron chi connectivity index (χ0n) is 15.8. The van der Waals surface area contributed by atoms with E-state index < -0.39 is 0 Å². The molecule has 1 N–H and O–H groups in total. The number of anilines is 2. The van der Waals surface area contributed by atoms with Crippen LogP contribution in [0, 0.1) is 13.8 Å². The van der Waals surface area contributed by atoms with E-state index >= 15 is 0 Å². The van der Waals surface area contributed by atoms with Gasteiger partial charge in [0, 0.05) is 30.7 Å². The quantitative estimate of drug-likeness (QED) is 0.622. The van der Waals surface area contributed by atoms with Crippen molar-refractivity contribution in [1.29, 1.82) is 0 Å². The topological polar surface area (TPSA) is 49.6 Å². The van der Waals surface area contributed by atoms with Gasteiger partial charge in [-0.05, 0) is 57.5 Å². The highest BCUT2D eigenvalue weighted by Crippen LogP contribution is 2.26. The Morgan fingerprint density at radius 3 is 2.52 bits per heavy atom. The summed E-state index contributed by atoms with van der Waals surface area (Å²) < 4.78 is 1.63. The maximum Gasteiger partial charge on any atom is 0.274 e. The number of rotatable bonds is 5. The average molecular weight is 405 g/mol. The Morgan fingerprint density at radius 1 is 1.19 bits per heavy atom. The van der Waals surface area contributed by atoms with Crippen LogP contribution in [-0.4, -0.2) is 28.4 Å². The van der Waals surface area contributed by atoms with Crippen molar-refractivity contribution >= 4 is 46.1 Å². The van der Waals surface area contributed by atoms with E-state index in [2.05, 4.69) is 35.1 Å². The summed E-state index contributed by atoms with van der Waals surface area (Å²) in [4.78, 5) is 19.6. The monoisotopic (exact) mass is 404 g/mol. The fraction of sp³-hybridized carbons (Fsp3) is 0.300. The standard InChI is InChI=1S/C20H22Cl2N4O/c1-5-25(6-2)15-7-8-17(12(3)9-15)24-20(27)18-13(4)23-19-16(22)10-14(21)11-26(18)19/h7-11H,5-6H2,1-4H3,(H,24,27). The van der Waals surface area contributed by atoms with Gasteiger partial charge in [-0.25, -0.2) is 4.98 Å². The van der Waals surface area contributed by atoms with E-state index in [-0.39, 0.29) is 5.91 Å². The Bertz CT molecular complexity index is 1010. The molecule has 7 heteroatoms. The van der Waals surface area contributed by atoms with Gasteiger partial charge in [0.1, 0.15) is 5.69 Å². The average Bonchev–Trinajstić information content (AvgIpc) is 2.94. The summed E-state index contributed by atoms with van der Waals surface area (Å²) in [5.74, 6) is -0.253. The lowest BCUT2D eigenvalue weighted by Gasteiger charge is -2.22. The molecule has 2 heterocycles. The maximum atomic E-state index is 12.9. The van der Waals surface area contributed by atoms with Crippen LogP contribution in [-0.2, 0) is 0 Å². The zero-order chi connectivity index (χ0) is 19.7. The molecule has 5 nitrogen and oxygen atoms in total. The number of hydrogen-bond donors (Lipinski definition) is 1. The minimum Gasteiger partial charge on any atom is -0.372 e. The summed E-state index contributed by atoms with van der Waals surface area (Å²) in [5, 5.41) is 3.83. The van der Waals surface area contributed by atoms with Crippen molar-refractivity contribution in [3.63, 3.8) is 0 Å². The molecule has 0 fully saturated rings. The van der Waals surface area contributed by atoms with E-state index in [0.717, 1.165) is 30.0 Å². The second kappa shape index (κ2) is 7.79. The van der Waals surface area contributed by atoms with E-state index in [9.17, 15) is 4.79 Å². The van der Waals surface area contributed by atoms with E-state index in [0.29, 0.717) is 27.1 Å². The number of fused-ring (bicyclic) bond motifs is 1. The molecule has 0 bridgehead atoms. The lowest BCUT2D eigenvalue weighted by molar-refractivity contribution is 0.102. The van der Waals surface area contributed by atoms with Crippen LogP contribution >= 0.6 is 23.2 Å². The number of nitrogens with zero attached hydrogens (tertiary/aromatic N) is 3. The van der Waals surface area contributed by atoms with Crippen LogP contribution in [0.15, 0.2) is 30.5 Å². The number of benzene rings is 1. The van der Waals surface area contributed by atoms with Gasteiger partial charge in [-0.2, -0.15) is 0 Å². The minimum absolute atomic E-state index is 0.253. The number of amides is 1. The molecule has 0 radical (unpaired) electrons. The molecule has 142 valence electrons. The van der Waals surface area contributed by atoms with Crippen molar-refractivity contribution < 1.29 is 4.79 Å². The predicted molar refractivity (Wildman–Crippen MR) is 113 cm³/mol. The number of hydrogen-bond acceptors (Lipinski definition) is 3. The van der Waals surface area contributed by atoms with E-state index in [1.807, 2.05) is 19.1 Å². The number of nitrogens with one attached hydrogen (secondary N) is 1. The molecule has 0 unspecified atom stereocenters. The summed E-state index contributed by atoms with van der Waals surface area (Å²) in [6, 6.07) is 7.64. The largest absolute Gasteiger partial charge is 0.372 e. The second-order valence-electron chi connectivity index (χ2n) is 6.37. The van der Waals surface area contributed by atoms with Crippen molar-refractivity contribution in [1.82, 2.24) is 9.38 Å². The molecule has 0 spiro atoms. The smallest absolute Gasteiger partial charge is 0.274 e. The molecule has 0 aliphatic rings. The highest BCUT2D eigenvalue weighted by Gasteiger charge is 2.19. The van der Waals surface area contributed by atoms with Crippen LogP contribution in [0.4, 0.5) is 11.4 Å². The van der Waals surface area contributed by atoms with Gasteiger partial charge in [0.05, 0.1) is 15.7 Å². The van der Waals surface area contributed by atoms with E-state index in [1.165, 1.54) is 0 Å². The third-order valence-corrected chi connectivity index (χ3v) is 5.10. The van der Waals surface area contributed by atoms with Crippen molar-refractivity contribution in [2.45, 2.75) is 27.7 Å². The molecule has 0 aliphatic heterocycles. The van der Waals surface area contributed by atoms with Crippen LogP contribution in [0.1, 0.15) is 35.6 Å². The molecular formula is C20H22Cl2N4O. The van der Waals surface area contributed by atoms with Crippen molar-refractivity contribution in [3.8, 4) is 0 Å². The second-order valence-corrected chi connectivity index (χ2v) is 7.21. The highest BCUT2D eigenvalue weighted by atomic mass is 35.5. The summed E-state index contributed by atoms with van der Waals surface area (Å²) in [7, 11) is 0. The first-order valence-corrected chi connectivity index (χ1v) is 9.61. The number of halogens is 2. The van der Waals surface area contributed by atoms with Crippen molar-refractivity contribution in [2.75, 3.05) is 23.3 Å². The first-order chi connectivity index (χ1) is 12.8. The third kappa shape index (κ3) is 3.75. The van der Waals surface area contributed by atoms with Gasteiger partial charge in [-0.3, -0.25) is 9.20 Å². The molecule has 0 saturated heterocycles. The molecule has 0 saturated carbocycles. The summed E-state index contributed by atoms with van der Waals surface area (Å²) in [6.45, 7) is 9.88. The Balaban J connectivity index is 1.95. The number of carbonyl (C=O) groups is 1. The fourth-order valence-electron chi connectivity index (χ4n) is 3.22. The van der Waals surface area contributed by atoms with Crippen LogP contribution < -0.4 is 10.2 Å². The fourth-order valence-corrected chi connectivity index (χ4v) is 3.73. The molecule has 1 amide bonds. The summed E-state index contributed by atoms with van der Waals surface area (Å²) in [6.07, 6.45) is 1.65. The number of carbonyl (C=O) groups excluding carboxylic acids is 1. The Hall–Kier alpha value is -2.24. The van der Waals surface area contributed by atoms with Gasteiger partial charge in [-0.1, -0.05) is 23.2 Å². The molecule has 27 heavy (non-hydrogen) atoms. The Kier molecular flexibility index (Phi) is 5.63. The lowest BCUT2D eigenvalue weighted by Crippen LogP contribution is -2.22. The predicted octanol–water partition coefficient (Wildman–Crippen LogP) is 5.36. The number of pyridine rings is 1. The molecule has 0 atom stereocenters. The van der Waals surface area contributed by atoms with Gasteiger partial charge < -0.3 is 10.2 Å². The number of imidazole rings is 1. The van der Waals surface area contributed by atoms with E-state index in [4.69, 9.17) is 23.2 Å². The number of aryl methyl sites for hydroxylation is 2. The molecule has 3 aromatic rings. The third-order valence-electron chi connectivity index (χ3n) is 4.62. The zero-order valence-corrected chi connectivity index (χ0v) is 17.3. The van der Waals surface area contributed by atoms with Crippen molar-refractivity contribution in [3.05, 3.63) is 57.5 Å². The van der Waals surface area contributed by atoms with Crippen LogP contribution in [0.25, 0.3) is 5.65 Å². The summed E-state index contributed by atoms with van der Waals surface area (Å²) >= 11 is 12.3. The minimum atomic E-state index is -0.253. The molecular weight excluding hydrogens is 383 g/mol. The van der Waals surface area contributed by atoms with Gasteiger partial charge in [0.2, 0.25) is 0 Å². The van der Waals surface area contributed by atoms with Crippen LogP contribution in [0.2, 0.25) is 10.0 Å².